The molecule has 100 valence electrons. The summed E-state index contributed by atoms with van der Waals surface area (Å²) in [5.41, 5.74) is 1.47. The van der Waals surface area contributed by atoms with Gasteiger partial charge in [-0.25, -0.2) is 4.98 Å². The SMILES string of the molecule is Cc1ncc(CNC2CC(c3ccc(Br)cc3)C2)s1. The fraction of sp³-hybridized carbons (Fsp3) is 0.400. The highest BCUT2D eigenvalue weighted by Gasteiger charge is 2.29. The van der Waals surface area contributed by atoms with Crippen molar-refractivity contribution in [2.75, 3.05) is 0 Å². The highest BCUT2D eigenvalue weighted by Crippen LogP contribution is 2.37. The molecule has 0 spiro atoms. The van der Waals surface area contributed by atoms with Gasteiger partial charge >= 0.3 is 0 Å². The number of nitrogens with zero attached hydrogens (tertiary/aromatic N) is 1. The summed E-state index contributed by atoms with van der Waals surface area (Å²) in [4.78, 5) is 5.62. The number of halogens is 1. The van der Waals surface area contributed by atoms with Crippen LogP contribution in [0.3, 0.4) is 0 Å². The first kappa shape index (κ1) is 13.3. The Morgan fingerprint density at radius 3 is 2.68 bits per heavy atom. The summed E-state index contributed by atoms with van der Waals surface area (Å²) < 4.78 is 1.16. The zero-order valence-corrected chi connectivity index (χ0v) is 13.3. The second-order valence-corrected chi connectivity index (χ2v) is 7.38. The maximum Gasteiger partial charge on any atom is 0.0897 e. The molecule has 1 heterocycles. The van der Waals surface area contributed by atoms with Gasteiger partial charge in [0.05, 0.1) is 5.01 Å². The Morgan fingerprint density at radius 1 is 1.32 bits per heavy atom. The van der Waals surface area contributed by atoms with Gasteiger partial charge in [0.2, 0.25) is 0 Å². The third-order valence-electron chi connectivity index (χ3n) is 3.71. The van der Waals surface area contributed by atoms with Crippen molar-refractivity contribution in [2.45, 2.75) is 38.3 Å². The molecule has 1 aromatic carbocycles. The van der Waals surface area contributed by atoms with Gasteiger partial charge in [-0.05, 0) is 43.4 Å². The van der Waals surface area contributed by atoms with Crippen molar-refractivity contribution in [3.63, 3.8) is 0 Å². The summed E-state index contributed by atoms with van der Waals surface area (Å²) in [7, 11) is 0. The molecular formula is C15H17BrN2S. The Kier molecular flexibility index (Phi) is 4.01. The highest BCUT2D eigenvalue weighted by atomic mass is 79.9. The second-order valence-electron chi connectivity index (χ2n) is 5.14. The number of hydrogen-bond acceptors (Lipinski definition) is 3. The van der Waals surface area contributed by atoms with E-state index in [1.165, 1.54) is 23.3 Å². The van der Waals surface area contributed by atoms with E-state index in [-0.39, 0.29) is 0 Å². The zero-order chi connectivity index (χ0) is 13.2. The Bertz CT molecular complexity index is 544. The molecule has 1 aliphatic rings. The molecule has 1 aliphatic carbocycles. The van der Waals surface area contributed by atoms with Crippen molar-refractivity contribution < 1.29 is 0 Å². The van der Waals surface area contributed by atoms with E-state index >= 15 is 0 Å². The van der Waals surface area contributed by atoms with E-state index in [2.05, 4.69) is 57.4 Å². The van der Waals surface area contributed by atoms with Crippen LogP contribution in [0.5, 0.6) is 0 Å². The number of aromatic nitrogens is 1. The quantitative estimate of drug-likeness (QED) is 0.902. The molecule has 0 unspecified atom stereocenters. The molecule has 0 saturated heterocycles. The topological polar surface area (TPSA) is 24.9 Å². The molecule has 19 heavy (non-hydrogen) atoms. The van der Waals surface area contributed by atoms with E-state index in [9.17, 15) is 0 Å². The van der Waals surface area contributed by atoms with Gasteiger partial charge in [-0.15, -0.1) is 11.3 Å². The maximum absolute atomic E-state index is 4.28. The van der Waals surface area contributed by atoms with E-state index in [0.29, 0.717) is 6.04 Å². The van der Waals surface area contributed by atoms with Gasteiger partial charge in [0.1, 0.15) is 0 Å². The van der Waals surface area contributed by atoms with Gasteiger partial charge in [0, 0.05) is 28.1 Å². The molecule has 0 bridgehead atoms. The molecule has 2 nitrogen and oxygen atoms in total. The fourth-order valence-corrected chi connectivity index (χ4v) is 3.53. The van der Waals surface area contributed by atoms with E-state index in [1.54, 1.807) is 11.3 Å². The number of hydrogen-bond donors (Lipinski definition) is 1. The lowest BCUT2D eigenvalue weighted by Gasteiger charge is -2.36. The minimum absolute atomic E-state index is 0.663. The molecule has 1 fully saturated rings. The van der Waals surface area contributed by atoms with Crippen LogP contribution in [-0.2, 0) is 6.54 Å². The summed E-state index contributed by atoms with van der Waals surface area (Å²) in [5, 5.41) is 4.77. The molecular weight excluding hydrogens is 320 g/mol. The fourth-order valence-electron chi connectivity index (χ4n) is 2.52. The van der Waals surface area contributed by atoms with Crippen LogP contribution in [0.15, 0.2) is 34.9 Å². The van der Waals surface area contributed by atoms with Crippen LogP contribution >= 0.6 is 27.3 Å². The number of benzene rings is 1. The number of aryl methyl sites for hydroxylation is 1. The summed E-state index contributed by atoms with van der Waals surface area (Å²) in [6.07, 6.45) is 4.48. The second kappa shape index (κ2) is 5.73. The maximum atomic E-state index is 4.28. The van der Waals surface area contributed by atoms with Gasteiger partial charge in [0.25, 0.3) is 0 Å². The van der Waals surface area contributed by atoms with Crippen LogP contribution in [0.4, 0.5) is 0 Å². The molecule has 1 aromatic heterocycles. The van der Waals surface area contributed by atoms with Crippen LogP contribution < -0.4 is 5.32 Å². The predicted molar refractivity (Wildman–Crippen MR) is 83.6 cm³/mol. The van der Waals surface area contributed by atoms with Crippen molar-refractivity contribution in [3.8, 4) is 0 Å². The summed E-state index contributed by atoms with van der Waals surface area (Å²) in [5.74, 6) is 0.730. The Balaban J connectivity index is 1.46. The standard InChI is InChI=1S/C15H17BrN2S/c1-10-17-8-15(19-10)9-18-14-6-12(7-14)11-2-4-13(16)5-3-11/h2-5,8,12,14,18H,6-7,9H2,1H3. The average Bonchev–Trinajstić information content (AvgIpc) is 2.75. The van der Waals surface area contributed by atoms with Crippen LogP contribution in [0.25, 0.3) is 0 Å². The number of nitrogens with one attached hydrogen (secondary N) is 1. The predicted octanol–water partition coefficient (Wildman–Crippen LogP) is 4.25. The van der Waals surface area contributed by atoms with Gasteiger partial charge in [-0.3, -0.25) is 0 Å². The Hall–Kier alpha value is -0.710. The third kappa shape index (κ3) is 3.25. The lowest BCUT2D eigenvalue weighted by molar-refractivity contribution is 0.290. The molecule has 3 rings (SSSR count). The molecule has 0 radical (unpaired) electrons. The van der Waals surface area contributed by atoms with Gasteiger partial charge in [0.15, 0.2) is 0 Å². The first-order valence-electron chi connectivity index (χ1n) is 6.61. The van der Waals surface area contributed by atoms with Crippen molar-refractivity contribution in [1.29, 1.82) is 0 Å². The normalized spacial score (nSPS) is 22.2. The lowest BCUT2D eigenvalue weighted by atomic mass is 9.76. The highest BCUT2D eigenvalue weighted by molar-refractivity contribution is 9.10. The molecule has 0 aliphatic heterocycles. The van der Waals surface area contributed by atoms with Crippen LogP contribution in [-0.4, -0.2) is 11.0 Å². The molecule has 0 atom stereocenters. The monoisotopic (exact) mass is 336 g/mol. The third-order valence-corrected chi connectivity index (χ3v) is 5.16. The first-order valence-corrected chi connectivity index (χ1v) is 8.22. The van der Waals surface area contributed by atoms with E-state index < -0.39 is 0 Å². The van der Waals surface area contributed by atoms with Crippen LogP contribution in [0.2, 0.25) is 0 Å². The Morgan fingerprint density at radius 2 is 2.05 bits per heavy atom. The lowest BCUT2D eigenvalue weighted by Crippen LogP contribution is -2.39. The summed E-state index contributed by atoms with van der Waals surface area (Å²) in [6.45, 7) is 3.02. The molecule has 2 aromatic rings. The Labute approximate surface area is 126 Å². The minimum Gasteiger partial charge on any atom is -0.309 e. The minimum atomic E-state index is 0.663. The molecule has 1 N–H and O–H groups in total. The first-order chi connectivity index (χ1) is 9.20. The van der Waals surface area contributed by atoms with Crippen LogP contribution in [0, 0.1) is 6.92 Å². The van der Waals surface area contributed by atoms with Gasteiger partial charge in [-0.1, -0.05) is 28.1 Å². The smallest absolute Gasteiger partial charge is 0.0897 e. The molecule has 1 saturated carbocycles. The van der Waals surface area contributed by atoms with Gasteiger partial charge < -0.3 is 5.32 Å². The zero-order valence-electron chi connectivity index (χ0n) is 10.9. The van der Waals surface area contributed by atoms with Crippen molar-refractivity contribution in [2.24, 2.45) is 0 Å². The number of thiazole rings is 1. The van der Waals surface area contributed by atoms with Crippen LogP contribution in [0.1, 0.15) is 34.2 Å². The molecule has 4 heteroatoms. The van der Waals surface area contributed by atoms with Crippen molar-refractivity contribution in [1.82, 2.24) is 10.3 Å². The molecule has 0 amide bonds. The summed E-state index contributed by atoms with van der Waals surface area (Å²) in [6, 6.07) is 9.40. The largest absolute Gasteiger partial charge is 0.309 e. The van der Waals surface area contributed by atoms with Crippen molar-refractivity contribution in [3.05, 3.63) is 50.4 Å². The number of rotatable bonds is 4. The van der Waals surface area contributed by atoms with E-state index in [1.807, 2.05) is 6.20 Å². The van der Waals surface area contributed by atoms with E-state index in [4.69, 9.17) is 0 Å². The van der Waals surface area contributed by atoms with E-state index in [0.717, 1.165) is 21.9 Å². The summed E-state index contributed by atoms with van der Waals surface area (Å²) >= 11 is 5.27. The van der Waals surface area contributed by atoms with Gasteiger partial charge in [-0.2, -0.15) is 0 Å². The average molecular weight is 337 g/mol. The van der Waals surface area contributed by atoms with Crippen molar-refractivity contribution >= 4 is 27.3 Å².